The van der Waals surface area contributed by atoms with E-state index in [4.69, 9.17) is 4.74 Å². The molecular weight excluding hydrogens is 192 g/mol. The summed E-state index contributed by atoms with van der Waals surface area (Å²) >= 11 is 0. The van der Waals surface area contributed by atoms with Crippen molar-refractivity contribution in [3.05, 3.63) is 0 Å². The van der Waals surface area contributed by atoms with E-state index in [9.17, 15) is 4.79 Å². The quantitative estimate of drug-likeness (QED) is 0.637. The van der Waals surface area contributed by atoms with E-state index in [0.29, 0.717) is 18.6 Å². The lowest BCUT2D eigenvalue weighted by Gasteiger charge is -2.20. The van der Waals surface area contributed by atoms with Gasteiger partial charge in [-0.15, -0.1) is 0 Å². The molecule has 0 aliphatic carbocycles. The predicted molar refractivity (Wildman–Crippen MR) is 56.1 cm³/mol. The highest BCUT2D eigenvalue weighted by atomic mass is 16.5. The van der Waals surface area contributed by atoms with Crippen molar-refractivity contribution in [2.24, 2.45) is 11.8 Å². The van der Waals surface area contributed by atoms with Gasteiger partial charge in [-0.25, -0.2) is 0 Å². The number of hydrogen-bond donors (Lipinski definition) is 1. The highest BCUT2D eigenvalue weighted by molar-refractivity contribution is 5.74. The van der Waals surface area contributed by atoms with Crippen molar-refractivity contribution in [3.63, 3.8) is 0 Å². The Hall–Kier alpha value is -0.610. The Morgan fingerprint density at radius 3 is 3.00 bits per heavy atom. The predicted octanol–water partition coefficient (Wildman–Crippen LogP) is -0.589. The van der Waals surface area contributed by atoms with Crippen LogP contribution in [-0.4, -0.2) is 43.8 Å². The van der Waals surface area contributed by atoms with Gasteiger partial charge in [-0.2, -0.15) is 0 Å². The van der Waals surface area contributed by atoms with E-state index in [-0.39, 0.29) is 11.9 Å². The molecular formula is C11H21N2O2+. The summed E-state index contributed by atoms with van der Waals surface area (Å²) in [7, 11) is 2.16. The molecule has 3 atom stereocenters. The molecule has 0 bridgehead atoms. The van der Waals surface area contributed by atoms with Gasteiger partial charge in [0.05, 0.1) is 25.1 Å². The fourth-order valence-electron chi connectivity index (χ4n) is 2.76. The first-order chi connectivity index (χ1) is 7.22. The van der Waals surface area contributed by atoms with Crippen molar-refractivity contribution < 1.29 is 14.8 Å². The molecule has 0 radical (unpaired) electrons. The number of carbonyl (C=O) groups excluding carboxylic acids is 1. The summed E-state index contributed by atoms with van der Waals surface area (Å²) in [5, 5.41) is 2.32. The van der Waals surface area contributed by atoms with Crippen LogP contribution in [0.4, 0.5) is 0 Å². The number of hydrogen-bond acceptors (Lipinski definition) is 3. The Morgan fingerprint density at radius 1 is 1.60 bits per heavy atom. The van der Waals surface area contributed by atoms with Crippen LogP contribution < -0.4 is 5.32 Å². The summed E-state index contributed by atoms with van der Waals surface area (Å²) in [4.78, 5) is 13.8. The molecule has 2 aliphatic heterocycles. The molecule has 15 heavy (non-hydrogen) atoms. The van der Waals surface area contributed by atoms with E-state index in [1.165, 1.54) is 0 Å². The lowest BCUT2D eigenvalue weighted by Crippen LogP contribution is -2.82. The summed E-state index contributed by atoms with van der Waals surface area (Å²) in [6.45, 7) is 4.97. The van der Waals surface area contributed by atoms with Crippen molar-refractivity contribution in [2.45, 2.75) is 25.8 Å². The van der Waals surface area contributed by atoms with Gasteiger partial charge >= 0.3 is 5.97 Å². The van der Waals surface area contributed by atoms with Crippen LogP contribution in [0.3, 0.4) is 0 Å². The first kappa shape index (κ1) is 10.9. The number of ether oxygens (including phenoxy) is 1. The number of quaternary nitrogens is 1. The van der Waals surface area contributed by atoms with Crippen molar-refractivity contribution in [3.8, 4) is 0 Å². The van der Waals surface area contributed by atoms with Gasteiger partial charge in [0, 0.05) is 5.92 Å². The van der Waals surface area contributed by atoms with E-state index in [1.54, 1.807) is 0 Å². The zero-order chi connectivity index (χ0) is 10.8. The first-order valence-corrected chi connectivity index (χ1v) is 5.91. The Kier molecular flexibility index (Phi) is 3.26. The molecule has 2 fully saturated rings. The fourth-order valence-corrected chi connectivity index (χ4v) is 2.76. The summed E-state index contributed by atoms with van der Waals surface area (Å²) < 4.78 is 5.15. The highest BCUT2D eigenvalue weighted by Gasteiger charge is 2.38. The molecule has 0 aromatic heterocycles. The van der Waals surface area contributed by atoms with Crippen LogP contribution in [-0.2, 0) is 9.53 Å². The Labute approximate surface area is 91.0 Å². The van der Waals surface area contributed by atoms with E-state index < -0.39 is 0 Å². The van der Waals surface area contributed by atoms with Crippen LogP contribution in [0.5, 0.6) is 0 Å². The summed E-state index contributed by atoms with van der Waals surface area (Å²) in [6, 6.07) is 0.624. The molecule has 4 heteroatoms. The van der Waals surface area contributed by atoms with Gasteiger partial charge in [0.15, 0.2) is 0 Å². The zero-order valence-electron chi connectivity index (χ0n) is 9.61. The minimum atomic E-state index is 0.0205. The van der Waals surface area contributed by atoms with Gasteiger partial charge in [-0.3, -0.25) is 9.69 Å². The minimum absolute atomic E-state index is 0.0205. The fraction of sp³-hybridized carbons (Fsp3) is 0.909. The third-order valence-electron chi connectivity index (χ3n) is 3.81. The van der Waals surface area contributed by atoms with Crippen molar-refractivity contribution in [1.82, 2.24) is 4.90 Å². The van der Waals surface area contributed by atoms with Crippen LogP contribution >= 0.6 is 0 Å². The summed E-state index contributed by atoms with van der Waals surface area (Å²) in [5.41, 5.74) is 0. The number of nitrogens with two attached hydrogens (primary N) is 1. The number of likely N-dealkylation sites (N-methyl/N-ethyl adjacent to an activating group) is 1. The summed E-state index contributed by atoms with van der Waals surface area (Å²) in [6.07, 6.45) is 2.03. The number of carbonyl (C=O) groups is 1. The van der Waals surface area contributed by atoms with Gasteiger partial charge in [0.1, 0.15) is 6.67 Å². The van der Waals surface area contributed by atoms with Crippen LogP contribution in [0.1, 0.15) is 19.8 Å². The van der Waals surface area contributed by atoms with E-state index in [1.807, 2.05) is 0 Å². The number of cyclic esters (lactones) is 1. The van der Waals surface area contributed by atoms with Gasteiger partial charge in [-0.1, -0.05) is 6.92 Å². The number of esters is 1. The second-order valence-electron chi connectivity index (χ2n) is 4.76. The van der Waals surface area contributed by atoms with Crippen LogP contribution in [0.2, 0.25) is 0 Å². The number of rotatable bonds is 3. The van der Waals surface area contributed by atoms with Gasteiger partial charge in [-0.05, 0) is 19.9 Å². The van der Waals surface area contributed by atoms with Crippen LogP contribution in [0.15, 0.2) is 0 Å². The Morgan fingerprint density at radius 2 is 2.40 bits per heavy atom. The lowest BCUT2D eigenvalue weighted by molar-refractivity contribution is -0.643. The molecule has 0 spiro atoms. The van der Waals surface area contributed by atoms with Crippen LogP contribution in [0, 0.1) is 11.8 Å². The molecule has 2 rings (SSSR count). The average molecular weight is 213 g/mol. The highest BCUT2D eigenvalue weighted by Crippen LogP contribution is 2.29. The number of nitrogens with zero attached hydrogens (tertiary/aromatic N) is 1. The standard InChI is InChI=1S/C11H20N2O2/c1-3-10-8(6-15-11(10)14)4-9-5-12-7-13(9)2/h8-10,12H,3-7H2,1-2H3/p+1. The molecule has 2 heterocycles. The lowest BCUT2D eigenvalue weighted by atomic mass is 9.87. The van der Waals surface area contributed by atoms with Gasteiger partial charge in [0.25, 0.3) is 0 Å². The molecule has 0 aromatic carbocycles. The second-order valence-corrected chi connectivity index (χ2v) is 4.76. The molecule has 2 saturated heterocycles. The third-order valence-corrected chi connectivity index (χ3v) is 3.81. The largest absolute Gasteiger partial charge is 0.465 e. The molecule has 4 nitrogen and oxygen atoms in total. The zero-order valence-corrected chi connectivity index (χ0v) is 9.61. The molecule has 0 aromatic rings. The molecule has 86 valence electrons. The molecule has 3 unspecified atom stereocenters. The second kappa shape index (κ2) is 4.49. The minimum Gasteiger partial charge on any atom is -0.465 e. The van der Waals surface area contributed by atoms with Crippen LogP contribution in [0.25, 0.3) is 0 Å². The Balaban J connectivity index is 1.91. The monoisotopic (exact) mass is 213 g/mol. The third kappa shape index (κ3) is 2.16. The summed E-state index contributed by atoms with van der Waals surface area (Å²) in [5.74, 6) is 0.618. The smallest absolute Gasteiger partial charge is 0.309 e. The van der Waals surface area contributed by atoms with Crippen molar-refractivity contribution >= 4 is 5.97 Å². The normalized spacial score (nSPS) is 37.2. The van der Waals surface area contributed by atoms with Crippen molar-refractivity contribution in [2.75, 3.05) is 26.9 Å². The Bertz CT molecular complexity index is 245. The van der Waals surface area contributed by atoms with Gasteiger partial charge < -0.3 is 10.1 Å². The maximum atomic E-state index is 11.4. The first-order valence-electron chi connectivity index (χ1n) is 5.91. The maximum Gasteiger partial charge on any atom is 0.309 e. The van der Waals surface area contributed by atoms with E-state index in [2.05, 4.69) is 24.2 Å². The molecule has 2 aliphatic rings. The maximum absolute atomic E-state index is 11.4. The molecule has 0 saturated carbocycles. The van der Waals surface area contributed by atoms with E-state index in [0.717, 1.165) is 26.1 Å². The molecule has 0 amide bonds. The van der Waals surface area contributed by atoms with Crippen molar-refractivity contribution in [1.29, 1.82) is 0 Å². The SMILES string of the molecule is CCC1C(=O)OCC1CC1C[NH2+]CN1C. The molecule has 2 N–H and O–H groups in total. The topological polar surface area (TPSA) is 46.1 Å². The van der Waals surface area contributed by atoms with Gasteiger partial charge in [0.2, 0.25) is 0 Å². The van der Waals surface area contributed by atoms with E-state index >= 15 is 0 Å². The average Bonchev–Trinajstić information content (AvgIpc) is 2.76.